The van der Waals surface area contributed by atoms with Crippen LogP contribution in [0.25, 0.3) is 22.6 Å². The Morgan fingerprint density at radius 1 is 0.831 bits per heavy atom. The van der Waals surface area contributed by atoms with Crippen molar-refractivity contribution in [3.63, 3.8) is 0 Å². The molecule has 14 atom stereocenters. The number of phenols is 1. The Balaban J connectivity index is 0.0000126. The third-order valence-electron chi connectivity index (χ3n) is 15.1. The van der Waals surface area contributed by atoms with Gasteiger partial charge in [-0.15, -0.1) is 0 Å². The second kappa shape index (κ2) is 31.0. The zero-order chi connectivity index (χ0) is 64.5. The van der Waals surface area contributed by atoms with Crippen LogP contribution in [0.4, 0.5) is 0 Å². The predicted octanol–water partition coefficient (Wildman–Crippen LogP) is -6.40. The minimum absolute atomic E-state index is 0. The first-order chi connectivity index (χ1) is 41.5. The number of ether oxygens (including phenoxy) is 1. The molecule has 4 aromatic rings. The topological polar surface area (TPSA) is 501 Å². The Morgan fingerprint density at radius 2 is 1.49 bits per heavy atom. The SMILES string of the molecule is CCCCCOc1ccc(-c2cc(-c3ccc(C(=O)NC4CC(O)C(O)NC(=O)C5C(O)CCN5C(=O)C(C(O)CC(N)=O)CC(=O)C(C(O)C(O)c5ccc(O)c(OS(=O)(=O)[O-])c5)NC(=O)C5CC(O)CN5C(=O)C(C(C)O)NC4=O)cc3)no2)cc1.[Na+]. The molecule has 7 amide bonds. The summed E-state index contributed by atoms with van der Waals surface area (Å²) in [5.74, 6) is -13.6. The molecule has 3 fully saturated rings. The summed E-state index contributed by atoms with van der Waals surface area (Å²) in [6.07, 6.45) is -18.6. The second-order valence-corrected chi connectivity index (χ2v) is 22.6. The Hall–Kier alpha value is -7.18. The van der Waals surface area contributed by atoms with Crippen molar-refractivity contribution in [1.29, 1.82) is 0 Å². The number of rotatable bonds is 18. The molecule has 33 heteroatoms. The fraction of sp³-hybridized carbons (Fsp3) is 0.482. The molecule has 31 nitrogen and oxygen atoms in total. The van der Waals surface area contributed by atoms with Gasteiger partial charge in [0, 0.05) is 55.1 Å². The van der Waals surface area contributed by atoms with Gasteiger partial charge in [-0.05, 0) is 73.9 Å². The molecule has 0 aliphatic carbocycles. The van der Waals surface area contributed by atoms with E-state index in [-0.39, 0.29) is 41.5 Å². The van der Waals surface area contributed by atoms with Crippen LogP contribution in [0.3, 0.4) is 0 Å². The number of aliphatic hydroxyl groups excluding tert-OH is 8. The number of nitrogens with zero attached hydrogens (tertiary/aromatic N) is 3. The number of aromatic nitrogens is 1. The monoisotopic (exact) mass is 1280 g/mol. The van der Waals surface area contributed by atoms with E-state index in [9.17, 15) is 97.3 Å². The third kappa shape index (κ3) is 18.0. The second-order valence-electron chi connectivity index (χ2n) is 21.6. The maximum Gasteiger partial charge on any atom is 1.00 e. The number of carbonyl (C=O) groups excluding carboxylic acids is 8. The molecule has 478 valence electrons. The summed E-state index contributed by atoms with van der Waals surface area (Å²) in [6.45, 7) is 2.45. The van der Waals surface area contributed by atoms with Crippen LogP contribution < -0.4 is 65.5 Å². The summed E-state index contributed by atoms with van der Waals surface area (Å²) in [7, 11) is -5.59. The van der Waals surface area contributed by atoms with Gasteiger partial charge in [0.05, 0.1) is 43.4 Å². The number of nitrogens with two attached hydrogens (primary N) is 1. The summed E-state index contributed by atoms with van der Waals surface area (Å²) in [6, 6.07) is 6.13. The Kier molecular flexibility index (Phi) is 24.7. The summed E-state index contributed by atoms with van der Waals surface area (Å²) < 4.78 is 49.9. The van der Waals surface area contributed by atoms with Gasteiger partial charge in [0.15, 0.2) is 29.3 Å². The van der Waals surface area contributed by atoms with E-state index in [1.54, 1.807) is 30.3 Å². The summed E-state index contributed by atoms with van der Waals surface area (Å²) in [5.41, 5.74) is 6.18. The summed E-state index contributed by atoms with van der Waals surface area (Å²) in [5, 5.41) is 114. The maximum atomic E-state index is 14.7. The van der Waals surface area contributed by atoms with E-state index in [2.05, 4.69) is 32.2 Å². The van der Waals surface area contributed by atoms with E-state index in [1.807, 2.05) is 5.32 Å². The van der Waals surface area contributed by atoms with Crippen LogP contribution in [0.5, 0.6) is 17.2 Å². The third-order valence-corrected chi connectivity index (χ3v) is 15.5. The van der Waals surface area contributed by atoms with Crippen LogP contribution in [-0.4, -0.2) is 214 Å². The van der Waals surface area contributed by atoms with Crippen molar-refractivity contribution in [2.45, 2.75) is 144 Å². The number of amides is 7. The molecule has 89 heavy (non-hydrogen) atoms. The molecule has 14 unspecified atom stereocenters. The van der Waals surface area contributed by atoms with Gasteiger partial charge in [-0.2, -0.15) is 0 Å². The Labute approximate surface area is 530 Å². The van der Waals surface area contributed by atoms with Crippen LogP contribution in [0.15, 0.2) is 77.3 Å². The standard InChI is InChI=1S/C56H70N8O23S.Na/c1-3-4-5-18-85-32-13-10-28(11-14-32)42-23-34(62-86-42)27-6-8-29(9-7-27)50(75)58-35-22-41(71)53(78)61-54(79)47-38(68)16-17-63(47)55(80)33(39(69)24-44(57)72)21-40(70)46(49(74)48(73)30-12-15-37(67)43(19-30)87-88(82,83)84)60-52(77)36-20-31(66)25-64(36)56(81)45(26(2)65)59-51(35)76;/h6-15,19,23,26,31,33,35-36,38-39,41,45-49,53,65-69,71,73-74,78H,3-5,16-18,20-22,24-25H2,1-2H3,(H2,57,72)(H,58,75)(H,59,76)(H,60,77)(H,61,79)(H,82,83,84);/q;+1/p-1. The molecule has 4 heterocycles. The fourth-order valence-electron chi connectivity index (χ4n) is 10.4. The molecule has 3 aromatic carbocycles. The van der Waals surface area contributed by atoms with Gasteiger partial charge in [-0.3, -0.25) is 38.4 Å². The Bertz CT molecular complexity index is 3300. The quantitative estimate of drug-likeness (QED) is 0.0191. The summed E-state index contributed by atoms with van der Waals surface area (Å²) in [4.78, 5) is 114. The normalized spacial score (nSPS) is 25.6. The van der Waals surface area contributed by atoms with Crippen molar-refractivity contribution in [2.24, 2.45) is 11.7 Å². The van der Waals surface area contributed by atoms with Crippen molar-refractivity contribution in [3.8, 4) is 39.8 Å². The number of hydrogen-bond acceptors (Lipinski definition) is 24. The van der Waals surface area contributed by atoms with Gasteiger partial charge in [0.1, 0.15) is 60.0 Å². The van der Waals surface area contributed by atoms with Crippen LogP contribution in [-0.2, 0) is 44.0 Å². The van der Waals surface area contributed by atoms with Gasteiger partial charge >= 0.3 is 29.6 Å². The summed E-state index contributed by atoms with van der Waals surface area (Å²) >= 11 is 0. The molecule has 0 spiro atoms. The largest absolute Gasteiger partial charge is 1.00 e. The zero-order valence-electron chi connectivity index (χ0n) is 48.4. The zero-order valence-corrected chi connectivity index (χ0v) is 51.2. The van der Waals surface area contributed by atoms with Crippen LogP contribution in [0.1, 0.15) is 87.2 Å². The molecular formula is C56H69N8NaO23S. The number of Topliss-reactive ketones (excluding diaryl/α,β-unsaturated/α-hetero) is 1. The number of primary amides is 1. The number of ketones is 1. The van der Waals surface area contributed by atoms with Crippen molar-refractivity contribution >= 4 is 57.5 Å². The number of nitrogens with one attached hydrogen (secondary N) is 4. The van der Waals surface area contributed by atoms with E-state index >= 15 is 0 Å². The van der Waals surface area contributed by atoms with Gasteiger partial charge in [-0.25, -0.2) is 8.42 Å². The Morgan fingerprint density at radius 3 is 2.13 bits per heavy atom. The molecule has 15 N–H and O–H groups in total. The maximum absolute atomic E-state index is 14.7. The number of aromatic hydroxyl groups is 1. The average molecular weight is 1280 g/mol. The van der Waals surface area contributed by atoms with E-state index in [0.29, 0.717) is 56.9 Å². The minimum Gasteiger partial charge on any atom is -0.716 e. The van der Waals surface area contributed by atoms with Crippen molar-refractivity contribution in [2.75, 3.05) is 19.7 Å². The molecule has 0 bridgehead atoms. The minimum atomic E-state index is -5.59. The van der Waals surface area contributed by atoms with Gasteiger partial charge < -0.3 is 101 Å². The molecule has 7 rings (SSSR count). The van der Waals surface area contributed by atoms with Crippen LogP contribution >= 0.6 is 0 Å². The number of aliphatic hydroxyl groups is 8. The van der Waals surface area contributed by atoms with Crippen molar-refractivity contribution < 1.29 is 140 Å². The fourth-order valence-corrected chi connectivity index (χ4v) is 10.8. The first-order valence-electron chi connectivity index (χ1n) is 27.9. The number of unbranched alkanes of at least 4 members (excludes halogenated alkanes) is 2. The number of phenolic OH excluding ortho intramolecular Hbond substituents is 1. The van der Waals surface area contributed by atoms with Crippen molar-refractivity contribution in [3.05, 3.63) is 83.9 Å². The van der Waals surface area contributed by atoms with E-state index in [0.717, 1.165) is 32.3 Å². The molecule has 3 saturated heterocycles. The molecular weight excluding hydrogens is 1210 g/mol. The number of carbonyl (C=O) groups is 8. The van der Waals surface area contributed by atoms with E-state index in [1.165, 1.54) is 24.3 Å². The molecule has 1 aromatic heterocycles. The average Bonchev–Trinajstić information content (AvgIpc) is 2.50. The first-order valence-corrected chi connectivity index (χ1v) is 29.3. The molecule has 3 aliphatic rings. The molecule has 0 radical (unpaired) electrons. The number of hydrogen-bond donors (Lipinski definition) is 14. The smallest absolute Gasteiger partial charge is 0.716 e. The van der Waals surface area contributed by atoms with Crippen LogP contribution in [0.2, 0.25) is 0 Å². The van der Waals surface area contributed by atoms with E-state index < -0.39 is 198 Å². The van der Waals surface area contributed by atoms with Gasteiger partial charge in [-0.1, -0.05) is 43.1 Å². The molecule has 3 aliphatic heterocycles. The predicted molar refractivity (Wildman–Crippen MR) is 299 cm³/mol. The van der Waals surface area contributed by atoms with Gasteiger partial charge in [0.2, 0.25) is 35.4 Å². The van der Waals surface area contributed by atoms with Crippen LogP contribution in [0, 0.1) is 5.92 Å². The van der Waals surface area contributed by atoms with Gasteiger partial charge in [0.25, 0.3) is 16.3 Å². The number of benzene rings is 3. The van der Waals surface area contributed by atoms with E-state index in [4.69, 9.17) is 15.0 Å². The number of fused-ring (bicyclic) bond motifs is 2. The molecule has 0 saturated carbocycles. The first kappa shape index (κ1) is 70.9. The van der Waals surface area contributed by atoms with Crippen molar-refractivity contribution in [1.82, 2.24) is 36.2 Å².